The Morgan fingerprint density at radius 1 is 1.12 bits per heavy atom. The Labute approximate surface area is 151 Å². The van der Waals surface area contributed by atoms with Crippen LogP contribution in [0.3, 0.4) is 0 Å². The first-order valence-corrected chi connectivity index (χ1v) is 8.26. The van der Waals surface area contributed by atoms with Crippen molar-refractivity contribution >= 4 is 28.5 Å². The van der Waals surface area contributed by atoms with Crippen molar-refractivity contribution in [2.75, 3.05) is 7.11 Å². The molecule has 1 aromatic heterocycles. The van der Waals surface area contributed by atoms with Crippen LogP contribution in [0, 0.1) is 6.92 Å². The zero-order chi connectivity index (χ0) is 17.8. The normalized spacial score (nSPS) is 10.8. The number of hydrogen-bond donors (Lipinski definition) is 0. The van der Waals surface area contributed by atoms with E-state index in [-0.39, 0.29) is 13.2 Å². The molecule has 2 aromatic carbocycles. The number of rotatable bonds is 5. The molecule has 3 rings (SSSR count). The third-order valence-electron chi connectivity index (χ3n) is 3.97. The van der Waals surface area contributed by atoms with Crippen LogP contribution in [-0.4, -0.2) is 18.1 Å². The van der Waals surface area contributed by atoms with E-state index in [9.17, 15) is 4.79 Å². The van der Waals surface area contributed by atoms with Crippen LogP contribution in [0.25, 0.3) is 10.9 Å². The molecular formula is C20H18ClNO3. The Hall–Kier alpha value is -2.43. The van der Waals surface area contributed by atoms with Crippen molar-refractivity contribution in [3.63, 3.8) is 0 Å². The van der Waals surface area contributed by atoms with Gasteiger partial charge in [-0.2, -0.15) is 0 Å². The molecule has 128 valence electrons. The molecule has 0 N–H and O–H groups in total. The van der Waals surface area contributed by atoms with Gasteiger partial charge in [-0.05, 0) is 36.2 Å². The van der Waals surface area contributed by atoms with Gasteiger partial charge >= 0.3 is 5.97 Å². The standard InChI is InChI=1S/C20H18ClNO3/c1-13-16-8-3-4-9-17(16)22-18(12-24-2)19(13)20(23)25-11-14-6-5-7-15(21)10-14/h3-10H,11-12H2,1-2H3. The van der Waals surface area contributed by atoms with Crippen LogP contribution in [0.1, 0.15) is 27.2 Å². The SMILES string of the molecule is COCc1nc2ccccc2c(C)c1C(=O)OCc1cccc(Cl)c1. The average Bonchev–Trinajstić information content (AvgIpc) is 2.60. The van der Waals surface area contributed by atoms with Crippen molar-refractivity contribution in [1.29, 1.82) is 0 Å². The summed E-state index contributed by atoms with van der Waals surface area (Å²) in [4.78, 5) is 17.3. The fraction of sp³-hybridized carbons (Fsp3) is 0.200. The van der Waals surface area contributed by atoms with Crippen molar-refractivity contribution in [3.05, 3.63) is 75.9 Å². The quantitative estimate of drug-likeness (QED) is 0.622. The minimum atomic E-state index is -0.414. The molecule has 0 amide bonds. The Kier molecular flexibility index (Phi) is 5.31. The number of fused-ring (bicyclic) bond motifs is 1. The number of esters is 1. The maximum absolute atomic E-state index is 12.7. The molecule has 0 aliphatic heterocycles. The molecule has 0 spiro atoms. The number of methoxy groups -OCH3 is 1. The van der Waals surface area contributed by atoms with E-state index in [2.05, 4.69) is 4.98 Å². The lowest BCUT2D eigenvalue weighted by atomic mass is 10.0. The lowest BCUT2D eigenvalue weighted by Crippen LogP contribution is -2.13. The van der Waals surface area contributed by atoms with Gasteiger partial charge in [0, 0.05) is 17.5 Å². The fourth-order valence-corrected chi connectivity index (χ4v) is 3.01. The Balaban J connectivity index is 1.94. The minimum Gasteiger partial charge on any atom is -0.457 e. The molecule has 0 aliphatic rings. The molecule has 0 saturated heterocycles. The van der Waals surface area contributed by atoms with Gasteiger partial charge in [-0.15, -0.1) is 0 Å². The van der Waals surface area contributed by atoms with Gasteiger partial charge in [-0.1, -0.05) is 41.9 Å². The van der Waals surface area contributed by atoms with Crippen molar-refractivity contribution in [2.45, 2.75) is 20.1 Å². The largest absolute Gasteiger partial charge is 0.457 e. The summed E-state index contributed by atoms with van der Waals surface area (Å²) in [5.41, 5.74) is 3.55. The summed E-state index contributed by atoms with van der Waals surface area (Å²) in [7, 11) is 1.58. The molecule has 5 heteroatoms. The molecule has 25 heavy (non-hydrogen) atoms. The molecule has 1 heterocycles. The van der Waals surface area contributed by atoms with Gasteiger partial charge in [0.25, 0.3) is 0 Å². The minimum absolute atomic E-state index is 0.151. The first kappa shape index (κ1) is 17.4. The molecule has 0 radical (unpaired) electrons. The molecular weight excluding hydrogens is 338 g/mol. The molecule has 0 unspecified atom stereocenters. The molecule has 4 nitrogen and oxygen atoms in total. The molecule has 0 aliphatic carbocycles. The lowest BCUT2D eigenvalue weighted by molar-refractivity contribution is 0.0466. The molecule has 3 aromatic rings. The first-order valence-electron chi connectivity index (χ1n) is 7.89. The van der Waals surface area contributed by atoms with Gasteiger partial charge in [0.15, 0.2) is 0 Å². The molecule has 0 bridgehead atoms. The van der Waals surface area contributed by atoms with Crippen LogP contribution in [0.15, 0.2) is 48.5 Å². The number of aromatic nitrogens is 1. The molecule has 0 atom stereocenters. The number of carbonyl (C=O) groups is 1. The van der Waals surface area contributed by atoms with Gasteiger partial charge in [-0.3, -0.25) is 0 Å². The van der Waals surface area contributed by atoms with Crippen LogP contribution in [0.2, 0.25) is 5.02 Å². The number of pyridine rings is 1. The fourth-order valence-electron chi connectivity index (χ4n) is 2.80. The second-order valence-electron chi connectivity index (χ2n) is 5.71. The number of halogens is 1. The van der Waals surface area contributed by atoms with Gasteiger partial charge in [0.05, 0.1) is 23.4 Å². The van der Waals surface area contributed by atoms with Crippen LogP contribution in [-0.2, 0) is 22.7 Å². The summed E-state index contributed by atoms with van der Waals surface area (Å²) in [5.74, 6) is -0.414. The van der Waals surface area contributed by atoms with Crippen LogP contribution < -0.4 is 0 Å². The highest BCUT2D eigenvalue weighted by Crippen LogP contribution is 2.24. The Morgan fingerprint density at radius 2 is 1.92 bits per heavy atom. The third kappa shape index (κ3) is 3.81. The van der Waals surface area contributed by atoms with E-state index < -0.39 is 5.97 Å². The maximum Gasteiger partial charge on any atom is 0.340 e. The van der Waals surface area contributed by atoms with Gasteiger partial charge in [0.1, 0.15) is 6.61 Å². The van der Waals surface area contributed by atoms with E-state index in [0.717, 1.165) is 22.0 Å². The summed E-state index contributed by atoms with van der Waals surface area (Å²) in [6, 6.07) is 14.9. The number of ether oxygens (including phenoxy) is 2. The van der Waals surface area contributed by atoms with Crippen LogP contribution >= 0.6 is 11.6 Å². The van der Waals surface area contributed by atoms with Crippen molar-refractivity contribution in [2.24, 2.45) is 0 Å². The van der Waals surface area contributed by atoms with E-state index >= 15 is 0 Å². The Bertz CT molecular complexity index is 924. The number of carbonyl (C=O) groups excluding carboxylic acids is 1. The van der Waals surface area contributed by atoms with E-state index in [1.807, 2.05) is 43.3 Å². The zero-order valence-electron chi connectivity index (χ0n) is 14.1. The smallest absolute Gasteiger partial charge is 0.340 e. The van der Waals surface area contributed by atoms with E-state index in [1.165, 1.54) is 0 Å². The number of aryl methyl sites for hydroxylation is 1. The van der Waals surface area contributed by atoms with E-state index in [4.69, 9.17) is 21.1 Å². The molecule has 0 fully saturated rings. The second-order valence-corrected chi connectivity index (χ2v) is 6.15. The summed E-state index contributed by atoms with van der Waals surface area (Å²) < 4.78 is 10.7. The van der Waals surface area contributed by atoms with Crippen molar-refractivity contribution in [3.8, 4) is 0 Å². The van der Waals surface area contributed by atoms with Crippen molar-refractivity contribution in [1.82, 2.24) is 4.98 Å². The highest BCUT2D eigenvalue weighted by Gasteiger charge is 2.20. The van der Waals surface area contributed by atoms with Gasteiger partial charge in [0.2, 0.25) is 0 Å². The number of nitrogens with zero attached hydrogens (tertiary/aromatic N) is 1. The highest BCUT2D eigenvalue weighted by molar-refractivity contribution is 6.30. The van der Waals surface area contributed by atoms with E-state index in [0.29, 0.717) is 16.3 Å². The van der Waals surface area contributed by atoms with E-state index in [1.54, 1.807) is 19.2 Å². The van der Waals surface area contributed by atoms with Crippen LogP contribution in [0.4, 0.5) is 0 Å². The summed E-state index contributed by atoms with van der Waals surface area (Å²) >= 11 is 5.97. The Morgan fingerprint density at radius 3 is 2.68 bits per heavy atom. The predicted octanol–water partition coefficient (Wildman–Crippen LogP) is 4.70. The lowest BCUT2D eigenvalue weighted by Gasteiger charge is -2.14. The highest BCUT2D eigenvalue weighted by atomic mass is 35.5. The topological polar surface area (TPSA) is 48.4 Å². The summed E-state index contributed by atoms with van der Waals surface area (Å²) in [6.07, 6.45) is 0. The maximum atomic E-state index is 12.7. The number of hydrogen-bond acceptors (Lipinski definition) is 4. The zero-order valence-corrected chi connectivity index (χ0v) is 14.8. The number of benzene rings is 2. The first-order chi connectivity index (χ1) is 12.1. The third-order valence-corrected chi connectivity index (χ3v) is 4.21. The number of para-hydroxylation sites is 1. The summed E-state index contributed by atoms with van der Waals surface area (Å²) in [6.45, 7) is 2.30. The van der Waals surface area contributed by atoms with Crippen LogP contribution in [0.5, 0.6) is 0 Å². The molecule has 0 saturated carbocycles. The van der Waals surface area contributed by atoms with Crippen molar-refractivity contribution < 1.29 is 14.3 Å². The van der Waals surface area contributed by atoms with Gasteiger partial charge < -0.3 is 9.47 Å². The second kappa shape index (κ2) is 7.64. The average molecular weight is 356 g/mol. The predicted molar refractivity (Wildman–Crippen MR) is 97.8 cm³/mol. The van der Waals surface area contributed by atoms with Gasteiger partial charge in [-0.25, -0.2) is 9.78 Å². The summed E-state index contributed by atoms with van der Waals surface area (Å²) in [5, 5.41) is 1.54. The monoisotopic (exact) mass is 355 g/mol.